The molecule has 1 N–H and O–H groups in total. The second-order valence-electron chi connectivity index (χ2n) is 8.13. The number of amides is 1. The Kier molecular flexibility index (Phi) is 6.87. The maximum Gasteiger partial charge on any atom is 0.337 e. The SMILES string of the molecule is Cc1cncc(C2=NN(C(=O)C(F)(F)CC(=O)O)[C@@H](c3ccc(Cl)cc3)C2)c1-c1ccc(Cl)cc1. The van der Waals surface area contributed by atoms with E-state index in [1.54, 1.807) is 48.8 Å². The van der Waals surface area contributed by atoms with Gasteiger partial charge in [-0.3, -0.25) is 14.6 Å². The average Bonchev–Trinajstić information content (AvgIpc) is 3.24. The Hall–Kier alpha value is -3.36. The summed E-state index contributed by atoms with van der Waals surface area (Å²) in [5, 5.41) is 14.8. The minimum absolute atomic E-state index is 0.113. The molecule has 0 unspecified atom stereocenters. The lowest BCUT2D eigenvalue weighted by Crippen LogP contribution is -2.42. The third kappa shape index (κ3) is 5.18. The number of rotatable bonds is 6. The van der Waals surface area contributed by atoms with Crippen LogP contribution in [0.5, 0.6) is 0 Å². The molecule has 1 amide bonds. The van der Waals surface area contributed by atoms with E-state index in [0.717, 1.165) is 16.7 Å². The number of carbonyl (C=O) groups is 2. The molecule has 0 spiro atoms. The van der Waals surface area contributed by atoms with Crippen molar-refractivity contribution in [3.63, 3.8) is 0 Å². The fraction of sp³-hybridized carbons (Fsp3) is 0.200. The molecule has 1 atom stereocenters. The van der Waals surface area contributed by atoms with Crippen LogP contribution in [0.25, 0.3) is 11.1 Å². The number of halogens is 4. The minimum atomic E-state index is -4.14. The highest BCUT2D eigenvalue weighted by Gasteiger charge is 2.48. The summed E-state index contributed by atoms with van der Waals surface area (Å²) in [6, 6.07) is 12.6. The molecular weight excluding hydrogens is 499 g/mol. The molecular formula is C25H19Cl2F2N3O3. The van der Waals surface area contributed by atoms with Crippen LogP contribution in [-0.2, 0) is 9.59 Å². The molecule has 0 fully saturated rings. The van der Waals surface area contributed by atoms with E-state index in [1.807, 2.05) is 19.1 Å². The Labute approximate surface area is 209 Å². The fourth-order valence-corrected chi connectivity index (χ4v) is 4.27. The number of aliphatic carboxylic acids is 1. The largest absolute Gasteiger partial charge is 0.481 e. The number of alkyl halides is 2. The van der Waals surface area contributed by atoms with E-state index in [2.05, 4.69) is 10.1 Å². The molecule has 0 radical (unpaired) electrons. The molecule has 0 bridgehead atoms. The Morgan fingerprint density at radius 3 is 2.26 bits per heavy atom. The monoisotopic (exact) mass is 517 g/mol. The second kappa shape index (κ2) is 9.71. The fourth-order valence-electron chi connectivity index (χ4n) is 4.02. The van der Waals surface area contributed by atoms with Crippen molar-refractivity contribution in [2.24, 2.45) is 5.10 Å². The molecule has 1 aliphatic rings. The Morgan fingerprint density at radius 1 is 1.06 bits per heavy atom. The Balaban J connectivity index is 1.81. The summed E-state index contributed by atoms with van der Waals surface area (Å²) in [6.07, 6.45) is 1.71. The van der Waals surface area contributed by atoms with Crippen LogP contribution in [0.3, 0.4) is 0 Å². The first kappa shape index (κ1) is 24.8. The number of aromatic nitrogens is 1. The summed E-state index contributed by atoms with van der Waals surface area (Å²) in [5.41, 5.74) is 3.87. The van der Waals surface area contributed by atoms with E-state index in [9.17, 15) is 18.4 Å². The molecule has 2 aromatic carbocycles. The number of carboxylic acids is 1. The standard InChI is InChI=1S/C25H19Cl2F2N3O3/c1-14-12-30-13-19(23(14)16-4-8-18(27)9-5-16)20-10-21(15-2-6-17(26)7-3-15)32(31-20)24(35)25(28,29)11-22(33)34/h2-9,12-13,21H,10-11H2,1H3,(H,33,34)/t21-/m1/s1. The van der Waals surface area contributed by atoms with Gasteiger partial charge in [-0.15, -0.1) is 0 Å². The molecule has 4 rings (SSSR count). The van der Waals surface area contributed by atoms with Crippen LogP contribution in [0.4, 0.5) is 8.78 Å². The molecule has 2 heterocycles. The zero-order chi connectivity index (χ0) is 25.3. The highest BCUT2D eigenvalue weighted by Crippen LogP contribution is 2.39. The first-order chi connectivity index (χ1) is 16.6. The first-order valence-electron chi connectivity index (χ1n) is 10.5. The number of hydrogen-bond acceptors (Lipinski definition) is 4. The molecule has 6 nitrogen and oxygen atoms in total. The second-order valence-corrected chi connectivity index (χ2v) is 9.00. The molecule has 10 heteroatoms. The van der Waals surface area contributed by atoms with Gasteiger partial charge in [0.2, 0.25) is 0 Å². The van der Waals surface area contributed by atoms with Crippen molar-refractivity contribution in [1.82, 2.24) is 9.99 Å². The summed E-state index contributed by atoms with van der Waals surface area (Å²) in [6.45, 7) is 1.86. The molecule has 1 aliphatic heterocycles. The summed E-state index contributed by atoms with van der Waals surface area (Å²) >= 11 is 12.0. The van der Waals surface area contributed by atoms with Gasteiger partial charge in [-0.05, 0) is 53.4 Å². The predicted molar refractivity (Wildman–Crippen MR) is 129 cm³/mol. The maximum absolute atomic E-state index is 14.6. The third-order valence-corrected chi connectivity index (χ3v) is 6.14. The van der Waals surface area contributed by atoms with Crippen molar-refractivity contribution < 1.29 is 23.5 Å². The van der Waals surface area contributed by atoms with Crippen LogP contribution in [-0.4, -0.2) is 38.6 Å². The van der Waals surface area contributed by atoms with Gasteiger partial charge in [0.1, 0.15) is 6.42 Å². The number of carbonyl (C=O) groups excluding carboxylic acids is 1. The third-order valence-electron chi connectivity index (χ3n) is 5.64. The quantitative estimate of drug-likeness (QED) is 0.424. The molecule has 0 saturated carbocycles. The highest BCUT2D eigenvalue weighted by molar-refractivity contribution is 6.30. The number of hydrazone groups is 1. The van der Waals surface area contributed by atoms with Crippen molar-refractivity contribution >= 4 is 40.8 Å². The smallest absolute Gasteiger partial charge is 0.337 e. The van der Waals surface area contributed by atoms with Gasteiger partial charge in [-0.1, -0.05) is 47.5 Å². The number of carboxylic acid groups (broad SMARTS) is 1. The van der Waals surface area contributed by atoms with E-state index in [1.165, 1.54) is 0 Å². The molecule has 35 heavy (non-hydrogen) atoms. The van der Waals surface area contributed by atoms with Crippen LogP contribution in [0.15, 0.2) is 66.0 Å². The van der Waals surface area contributed by atoms with Crippen molar-refractivity contribution in [3.05, 3.63) is 87.7 Å². The maximum atomic E-state index is 14.6. The van der Waals surface area contributed by atoms with Gasteiger partial charge in [-0.25, -0.2) is 5.01 Å². The van der Waals surface area contributed by atoms with Crippen LogP contribution < -0.4 is 0 Å². The summed E-state index contributed by atoms with van der Waals surface area (Å²) in [4.78, 5) is 28.0. The van der Waals surface area contributed by atoms with Gasteiger partial charge < -0.3 is 5.11 Å². The van der Waals surface area contributed by atoms with Crippen molar-refractivity contribution in [2.75, 3.05) is 0 Å². The van der Waals surface area contributed by atoms with Crippen molar-refractivity contribution in [3.8, 4) is 11.1 Å². The van der Waals surface area contributed by atoms with E-state index >= 15 is 0 Å². The lowest BCUT2D eigenvalue weighted by atomic mass is 9.91. The molecule has 0 aliphatic carbocycles. The lowest BCUT2D eigenvalue weighted by molar-refractivity contribution is -0.167. The molecule has 0 saturated heterocycles. The van der Waals surface area contributed by atoms with Crippen molar-refractivity contribution in [2.45, 2.75) is 31.7 Å². The normalized spacial score (nSPS) is 15.7. The van der Waals surface area contributed by atoms with Gasteiger partial charge in [0.05, 0.1) is 11.8 Å². The van der Waals surface area contributed by atoms with Crippen LogP contribution >= 0.6 is 23.2 Å². The molecule has 180 valence electrons. The predicted octanol–water partition coefficient (Wildman–Crippen LogP) is 6.15. The van der Waals surface area contributed by atoms with Gasteiger partial charge >= 0.3 is 17.8 Å². The van der Waals surface area contributed by atoms with Gasteiger partial charge in [0.25, 0.3) is 0 Å². The van der Waals surface area contributed by atoms with Crippen LogP contribution in [0.1, 0.15) is 35.6 Å². The number of hydrogen-bond donors (Lipinski definition) is 1. The van der Waals surface area contributed by atoms with Crippen LogP contribution in [0.2, 0.25) is 10.0 Å². The van der Waals surface area contributed by atoms with Gasteiger partial charge in [0.15, 0.2) is 0 Å². The summed E-state index contributed by atoms with van der Waals surface area (Å²) < 4.78 is 29.1. The van der Waals surface area contributed by atoms with Crippen molar-refractivity contribution in [1.29, 1.82) is 0 Å². The summed E-state index contributed by atoms with van der Waals surface area (Å²) in [7, 11) is 0. The van der Waals surface area contributed by atoms with E-state index < -0.39 is 30.3 Å². The van der Waals surface area contributed by atoms with Gasteiger partial charge in [0, 0.05) is 34.4 Å². The number of nitrogens with zero attached hydrogens (tertiary/aromatic N) is 3. The molecule has 1 aromatic heterocycles. The summed E-state index contributed by atoms with van der Waals surface area (Å²) in [5.74, 6) is -7.62. The lowest BCUT2D eigenvalue weighted by Gasteiger charge is -2.25. The van der Waals surface area contributed by atoms with Crippen LogP contribution in [0, 0.1) is 6.92 Å². The highest BCUT2D eigenvalue weighted by atomic mass is 35.5. The average molecular weight is 518 g/mol. The Bertz CT molecular complexity index is 1310. The number of aryl methyl sites for hydroxylation is 1. The minimum Gasteiger partial charge on any atom is -0.481 e. The van der Waals surface area contributed by atoms with E-state index in [0.29, 0.717) is 31.9 Å². The van der Waals surface area contributed by atoms with Gasteiger partial charge in [-0.2, -0.15) is 13.9 Å². The first-order valence-corrected chi connectivity index (χ1v) is 11.3. The van der Waals surface area contributed by atoms with E-state index in [4.69, 9.17) is 28.3 Å². The number of benzene rings is 2. The Morgan fingerprint density at radius 2 is 1.66 bits per heavy atom. The topological polar surface area (TPSA) is 82.9 Å². The van der Waals surface area contributed by atoms with E-state index in [-0.39, 0.29) is 6.42 Å². The zero-order valence-corrected chi connectivity index (χ0v) is 19.9. The molecule has 3 aromatic rings. The zero-order valence-electron chi connectivity index (χ0n) is 18.4. The number of pyridine rings is 1.